The summed E-state index contributed by atoms with van der Waals surface area (Å²) in [5.74, 6) is 0. The van der Waals surface area contributed by atoms with Crippen LogP contribution in [0.15, 0.2) is 0 Å². The summed E-state index contributed by atoms with van der Waals surface area (Å²) >= 11 is 0. The molecule has 2 fully saturated rings. The van der Waals surface area contributed by atoms with E-state index >= 15 is 0 Å². The third kappa shape index (κ3) is 1.52. The Kier molecular flexibility index (Phi) is 2.27. The molecular formula is C9H15F3N2. The molecule has 0 radical (unpaired) electrons. The van der Waals surface area contributed by atoms with Gasteiger partial charge in [0.1, 0.15) is 5.54 Å². The predicted octanol–water partition coefficient (Wildman–Crippen LogP) is 1.37. The Labute approximate surface area is 81.5 Å². The molecule has 1 unspecified atom stereocenters. The number of likely N-dealkylation sites (tertiary alicyclic amines) is 1. The lowest BCUT2D eigenvalue weighted by molar-refractivity contribution is -0.191. The summed E-state index contributed by atoms with van der Waals surface area (Å²) in [6, 6.07) is 0.424. The second-order valence-electron chi connectivity index (χ2n) is 4.28. The molecule has 82 valence electrons. The van der Waals surface area contributed by atoms with E-state index in [4.69, 9.17) is 0 Å². The lowest BCUT2D eigenvalue weighted by atomic mass is 9.98. The number of rotatable bonds is 2. The molecule has 1 aliphatic heterocycles. The Bertz CT molecular complexity index is 225. The van der Waals surface area contributed by atoms with Gasteiger partial charge in [-0.05, 0) is 26.3 Å². The minimum atomic E-state index is -4.13. The van der Waals surface area contributed by atoms with Crippen LogP contribution in [-0.2, 0) is 0 Å². The van der Waals surface area contributed by atoms with E-state index in [-0.39, 0.29) is 13.0 Å². The molecule has 0 aromatic rings. The van der Waals surface area contributed by atoms with Crippen LogP contribution < -0.4 is 5.32 Å². The summed E-state index contributed by atoms with van der Waals surface area (Å²) in [5.41, 5.74) is -1.66. The van der Waals surface area contributed by atoms with Gasteiger partial charge in [0.25, 0.3) is 0 Å². The molecule has 1 saturated heterocycles. The number of nitrogens with zero attached hydrogens (tertiary/aromatic N) is 1. The van der Waals surface area contributed by atoms with Crippen molar-refractivity contribution < 1.29 is 13.2 Å². The van der Waals surface area contributed by atoms with Gasteiger partial charge in [-0.25, -0.2) is 0 Å². The van der Waals surface area contributed by atoms with Gasteiger partial charge in [0, 0.05) is 19.1 Å². The fraction of sp³-hybridized carbons (Fsp3) is 1.00. The highest BCUT2D eigenvalue weighted by atomic mass is 19.4. The first-order chi connectivity index (χ1) is 6.48. The predicted molar refractivity (Wildman–Crippen MR) is 47.1 cm³/mol. The first-order valence-electron chi connectivity index (χ1n) is 4.98. The highest BCUT2D eigenvalue weighted by molar-refractivity contribution is 5.05. The minimum Gasteiger partial charge on any atom is -0.306 e. The average Bonchev–Trinajstić information content (AvgIpc) is 2.84. The van der Waals surface area contributed by atoms with Gasteiger partial charge in [0.05, 0.1) is 0 Å². The van der Waals surface area contributed by atoms with Crippen LogP contribution in [0.25, 0.3) is 0 Å². The van der Waals surface area contributed by atoms with Gasteiger partial charge in [0.15, 0.2) is 0 Å². The fourth-order valence-corrected chi connectivity index (χ4v) is 2.17. The van der Waals surface area contributed by atoms with Crippen LogP contribution in [0.1, 0.15) is 19.3 Å². The van der Waals surface area contributed by atoms with E-state index in [1.165, 1.54) is 7.05 Å². The zero-order valence-electron chi connectivity index (χ0n) is 8.19. The zero-order valence-corrected chi connectivity index (χ0v) is 8.19. The number of likely N-dealkylation sites (N-methyl/N-ethyl adjacent to an activating group) is 1. The Morgan fingerprint density at radius 3 is 2.36 bits per heavy atom. The molecule has 5 heteroatoms. The average molecular weight is 208 g/mol. The molecule has 1 saturated carbocycles. The maximum atomic E-state index is 12.8. The van der Waals surface area contributed by atoms with Crippen molar-refractivity contribution in [3.8, 4) is 0 Å². The summed E-state index contributed by atoms with van der Waals surface area (Å²) in [6.45, 7) is 0.697. The normalized spacial score (nSPS) is 35.1. The van der Waals surface area contributed by atoms with Crippen molar-refractivity contribution in [1.82, 2.24) is 10.2 Å². The van der Waals surface area contributed by atoms with Crippen LogP contribution >= 0.6 is 0 Å². The van der Waals surface area contributed by atoms with Gasteiger partial charge in [-0.3, -0.25) is 4.90 Å². The van der Waals surface area contributed by atoms with Crippen LogP contribution in [0.3, 0.4) is 0 Å². The summed E-state index contributed by atoms with van der Waals surface area (Å²) in [5, 5.41) is 2.46. The van der Waals surface area contributed by atoms with Gasteiger partial charge in [-0.15, -0.1) is 0 Å². The molecule has 0 aromatic carbocycles. The molecule has 0 amide bonds. The molecule has 2 nitrogen and oxygen atoms in total. The van der Waals surface area contributed by atoms with Crippen LogP contribution in [0.4, 0.5) is 13.2 Å². The standard InChI is InChI=1S/C9H15F3N2/c1-13-8(9(10,11)12)4-5-14(6-8)7-2-3-7/h7,13H,2-6H2,1H3. The van der Waals surface area contributed by atoms with Gasteiger partial charge in [0.2, 0.25) is 0 Å². The Balaban J connectivity index is 2.07. The SMILES string of the molecule is CNC1(C(F)(F)F)CCN(C2CC2)C1. The summed E-state index contributed by atoms with van der Waals surface area (Å²) in [7, 11) is 1.41. The lowest BCUT2D eigenvalue weighted by Crippen LogP contribution is -2.57. The van der Waals surface area contributed by atoms with Crippen molar-refractivity contribution in [1.29, 1.82) is 0 Å². The monoisotopic (exact) mass is 208 g/mol. The van der Waals surface area contributed by atoms with Crippen molar-refractivity contribution in [3.05, 3.63) is 0 Å². The number of alkyl halides is 3. The lowest BCUT2D eigenvalue weighted by Gasteiger charge is -2.31. The van der Waals surface area contributed by atoms with Gasteiger partial charge < -0.3 is 5.32 Å². The number of halogens is 3. The molecule has 0 aromatic heterocycles. The molecule has 0 bridgehead atoms. The second kappa shape index (κ2) is 3.10. The Morgan fingerprint density at radius 2 is 2.00 bits per heavy atom. The summed E-state index contributed by atoms with van der Waals surface area (Å²) in [6.07, 6.45) is -1.82. The van der Waals surface area contributed by atoms with E-state index in [9.17, 15) is 13.2 Å². The number of nitrogens with one attached hydrogen (secondary N) is 1. The molecule has 1 aliphatic carbocycles. The molecule has 2 aliphatic rings. The van der Waals surface area contributed by atoms with Crippen molar-refractivity contribution in [2.24, 2.45) is 0 Å². The van der Waals surface area contributed by atoms with E-state index in [0.29, 0.717) is 12.6 Å². The molecule has 1 atom stereocenters. The third-order valence-corrected chi connectivity index (χ3v) is 3.38. The first kappa shape index (κ1) is 10.2. The van der Waals surface area contributed by atoms with E-state index in [0.717, 1.165) is 12.8 Å². The van der Waals surface area contributed by atoms with Crippen molar-refractivity contribution >= 4 is 0 Å². The van der Waals surface area contributed by atoms with Crippen molar-refractivity contribution in [2.75, 3.05) is 20.1 Å². The minimum absolute atomic E-state index is 0.123. The third-order valence-electron chi connectivity index (χ3n) is 3.38. The largest absolute Gasteiger partial charge is 0.407 e. The van der Waals surface area contributed by atoms with Gasteiger partial charge in [-0.1, -0.05) is 0 Å². The first-order valence-corrected chi connectivity index (χ1v) is 4.98. The summed E-state index contributed by atoms with van der Waals surface area (Å²) in [4.78, 5) is 1.96. The Morgan fingerprint density at radius 1 is 1.36 bits per heavy atom. The van der Waals surface area contributed by atoms with E-state index in [1.54, 1.807) is 0 Å². The molecule has 14 heavy (non-hydrogen) atoms. The van der Waals surface area contributed by atoms with Crippen molar-refractivity contribution in [3.63, 3.8) is 0 Å². The molecule has 2 rings (SSSR count). The molecular weight excluding hydrogens is 193 g/mol. The summed E-state index contributed by atoms with van der Waals surface area (Å²) < 4.78 is 38.4. The molecule has 0 spiro atoms. The van der Waals surface area contributed by atoms with E-state index in [2.05, 4.69) is 5.32 Å². The van der Waals surface area contributed by atoms with Crippen LogP contribution in [-0.4, -0.2) is 42.8 Å². The second-order valence-corrected chi connectivity index (χ2v) is 4.28. The maximum absolute atomic E-state index is 12.8. The number of hydrogen-bond donors (Lipinski definition) is 1. The quantitative estimate of drug-likeness (QED) is 0.737. The highest BCUT2D eigenvalue weighted by Gasteiger charge is 2.58. The zero-order chi connectivity index (χ0) is 10.4. The molecule has 1 N–H and O–H groups in total. The van der Waals surface area contributed by atoms with Gasteiger partial charge in [-0.2, -0.15) is 13.2 Å². The van der Waals surface area contributed by atoms with Gasteiger partial charge >= 0.3 is 6.18 Å². The van der Waals surface area contributed by atoms with Crippen molar-refractivity contribution in [2.45, 2.75) is 37.0 Å². The van der Waals surface area contributed by atoms with E-state index < -0.39 is 11.7 Å². The topological polar surface area (TPSA) is 15.3 Å². The maximum Gasteiger partial charge on any atom is 0.407 e. The van der Waals surface area contributed by atoms with Crippen LogP contribution in [0.2, 0.25) is 0 Å². The molecule has 1 heterocycles. The number of hydrogen-bond acceptors (Lipinski definition) is 2. The smallest absolute Gasteiger partial charge is 0.306 e. The fourth-order valence-electron chi connectivity index (χ4n) is 2.17. The highest BCUT2D eigenvalue weighted by Crippen LogP contribution is 2.41. The van der Waals surface area contributed by atoms with Crippen LogP contribution in [0.5, 0.6) is 0 Å². The van der Waals surface area contributed by atoms with Crippen LogP contribution in [0, 0.1) is 0 Å². The Hall–Kier alpha value is -0.290. The van der Waals surface area contributed by atoms with E-state index in [1.807, 2.05) is 4.90 Å².